The van der Waals surface area contributed by atoms with E-state index in [4.69, 9.17) is 4.74 Å². The van der Waals surface area contributed by atoms with Crippen molar-refractivity contribution < 1.29 is 4.74 Å². The zero-order valence-corrected chi connectivity index (χ0v) is 35.1. The summed E-state index contributed by atoms with van der Waals surface area (Å²) in [6, 6.07) is 89.5. The van der Waals surface area contributed by atoms with E-state index in [-0.39, 0.29) is 6.71 Å². The van der Waals surface area contributed by atoms with Crippen LogP contribution in [0.25, 0.3) is 44.5 Å². The third-order valence-corrected chi connectivity index (χ3v) is 12.7. The summed E-state index contributed by atoms with van der Waals surface area (Å²) in [5.41, 5.74) is 19.7. The van der Waals surface area contributed by atoms with Gasteiger partial charge in [0.1, 0.15) is 11.5 Å². The van der Waals surface area contributed by atoms with Crippen molar-refractivity contribution >= 4 is 57.2 Å². The molecule has 0 saturated heterocycles. The number of rotatable bonds is 8. The molecule has 0 aliphatic carbocycles. The standard InChI is InChI=1S/C60H41BN2O/c1-6-18-42(19-7-1)46-26-16-28-50(36-46)62-56-38-48(44-22-10-3-11-23-44)32-34-54(56)61-55-35-33-49(45-24-12-4-13-25-45)39-57(55)63(51-29-17-27-47(37-51)43-20-8-2-9-21-43)59-41-53(40-58(62)60(59)61)64-52-30-14-5-15-31-52/h1-41H. The van der Waals surface area contributed by atoms with Crippen LogP contribution in [-0.4, -0.2) is 6.71 Å². The summed E-state index contributed by atoms with van der Waals surface area (Å²) in [5.74, 6) is 1.55. The second-order valence-corrected chi connectivity index (χ2v) is 16.5. The number of hydrogen-bond acceptors (Lipinski definition) is 3. The highest BCUT2D eigenvalue weighted by Gasteiger charge is 2.44. The molecule has 10 aromatic carbocycles. The van der Waals surface area contributed by atoms with Gasteiger partial charge in [0.05, 0.1) is 0 Å². The molecule has 0 aromatic heterocycles. The molecular weight excluding hydrogens is 775 g/mol. The summed E-state index contributed by atoms with van der Waals surface area (Å²) in [6.45, 7) is -0.0717. The molecule has 10 aromatic rings. The molecule has 0 amide bonds. The average molecular weight is 817 g/mol. The Bertz CT molecular complexity index is 3100. The van der Waals surface area contributed by atoms with Crippen LogP contribution in [0.5, 0.6) is 11.5 Å². The quantitative estimate of drug-likeness (QED) is 0.142. The minimum Gasteiger partial charge on any atom is -0.457 e. The lowest BCUT2D eigenvalue weighted by molar-refractivity contribution is 0.483. The molecule has 0 bridgehead atoms. The van der Waals surface area contributed by atoms with Crippen LogP contribution in [0.4, 0.5) is 34.1 Å². The largest absolute Gasteiger partial charge is 0.457 e. The molecule has 0 unspecified atom stereocenters. The molecule has 2 heterocycles. The Morgan fingerprint density at radius 3 is 1.03 bits per heavy atom. The van der Waals surface area contributed by atoms with Gasteiger partial charge in [-0.1, -0.05) is 188 Å². The highest BCUT2D eigenvalue weighted by molar-refractivity contribution is 7.00. The first-order valence-corrected chi connectivity index (χ1v) is 21.9. The zero-order valence-electron chi connectivity index (χ0n) is 35.1. The number of benzene rings is 10. The van der Waals surface area contributed by atoms with Gasteiger partial charge in [-0.25, -0.2) is 0 Å². The SMILES string of the molecule is c1ccc(Oc2cc3c4c(c2)N(c2cccc(-c5ccccc5)c2)c2cc(-c5ccccc5)ccc2B4c2ccc(-c4ccccc4)cc2N3c2cccc(-c3ccccc3)c2)cc1. The van der Waals surface area contributed by atoms with E-state index in [0.717, 1.165) is 56.8 Å². The molecule has 2 aliphatic rings. The van der Waals surface area contributed by atoms with Crippen molar-refractivity contribution in [2.45, 2.75) is 0 Å². The summed E-state index contributed by atoms with van der Waals surface area (Å²) >= 11 is 0. The van der Waals surface area contributed by atoms with Crippen LogP contribution >= 0.6 is 0 Å². The van der Waals surface area contributed by atoms with E-state index in [1.54, 1.807) is 0 Å². The Kier molecular flexibility index (Phi) is 9.27. The Balaban J connectivity index is 1.16. The number of nitrogens with zero attached hydrogens (tertiary/aromatic N) is 2. The zero-order chi connectivity index (χ0) is 42.4. The fourth-order valence-corrected chi connectivity index (χ4v) is 9.74. The van der Waals surface area contributed by atoms with Crippen LogP contribution in [0.1, 0.15) is 0 Å². The minimum absolute atomic E-state index is 0.0717. The van der Waals surface area contributed by atoms with Gasteiger partial charge < -0.3 is 14.5 Å². The second-order valence-electron chi connectivity index (χ2n) is 16.5. The molecule has 12 rings (SSSR count). The number of para-hydroxylation sites is 1. The maximum atomic E-state index is 6.91. The van der Waals surface area contributed by atoms with E-state index in [2.05, 4.69) is 228 Å². The van der Waals surface area contributed by atoms with Crippen molar-refractivity contribution in [2.75, 3.05) is 9.80 Å². The van der Waals surface area contributed by atoms with E-state index in [1.165, 1.54) is 49.8 Å². The van der Waals surface area contributed by atoms with Crippen molar-refractivity contribution in [1.82, 2.24) is 0 Å². The Morgan fingerprint density at radius 2 is 0.625 bits per heavy atom. The van der Waals surface area contributed by atoms with E-state index < -0.39 is 0 Å². The van der Waals surface area contributed by atoms with Crippen molar-refractivity contribution in [3.05, 3.63) is 249 Å². The summed E-state index contributed by atoms with van der Waals surface area (Å²) in [5, 5.41) is 0. The monoisotopic (exact) mass is 816 g/mol. The summed E-state index contributed by atoms with van der Waals surface area (Å²) < 4.78 is 6.91. The molecule has 0 N–H and O–H groups in total. The Hall–Kier alpha value is -8.34. The average Bonchev–Trinajstić information content (AvgIpc) is 3.37. The molecular formula is C60H41BN2O. The highest BCUT2D eigenvalue weighted by atomic mass is 16.5. The molecule has 64 heavy (non-hydrogen) atoms. The van der Waals surface area contributed by atoms with Crippen LogP contribution in [0, 0.1) is 0 Å². The van der Waals surface area contributed by atoms with Gasteiger partial charge in [0.15, 0.2) is 0 Å². The number of ether oxygens (including phenoxy) is 1. The van der Waals surface area contributed by atoms with Crippen LogP contribution in [-0.2, 0) is 0 Å². The Morgan fingerprint density at radius 1 is 0.266 bits per heavy atom. The van der Waals surface area contributed by atoms with Gasteiger partial charge in [0.25, 0.3) is 6.71 Å². The lowest BCUT2D eigenvalue weighted by Gasteiger charge is -2.44. The van der Waals surface area contributed by atoms with Crippen LogP contribution in [0.2, 0.25) is 0 Å². The van der Waals surface area contributed by atoms with E-state index in [1.807, 2.05) is 30.3 Å². The first kappa shape index (κ1) is 37.4. The smallest absolute Gasteiger partial charge is 0.252 e. The third kappa shape index (κ3) is 6.64. The normalized spacial score (nSPS) is 12.3. The summed E-state index contributed by atoms with van der Waals surface area (Å²) in [6.07, 6.45) is 0. The number of fused-ring (bicyclic) bond motifs is 4. The molecule has 300 valence electrons. The van der Waals surface area contributed by atoms with E-state index in [9.17, 15) is 0 Å². The first-order chi connectivity index (χ1) is 31.7. The third-order valence-electron chi connectivity index (χ3n) is 12.7. The van der Waals surface area contributed by atoms with Crippen LogP contribution < -0.4 is 30.9 Å². The molecule has 0 saturated carbocycles. The lowest BCUT2D eigenvalue weighted by atomic mass is 9.33. The van der Waals surface area contributed by atoms with Gasteiger partial charge in [-0.05, 0) is 109 Å². The predicted molar refractivity (Wildman–Crippen MR) is 269 cm³/mol. The molecule has 0 fully saturated rings. The van der Waals surface area contributed by atoms with Gasteiger partial charge in [0, 0.05) is 46.3 Å². The second kappa shape index (κ2) is 15.8. The van der Waals surface area contributed by atoms with Gasteiger partial charge in [-0.15, -0.1) is 0 Å². The van der Waals surface area contributed by atoms with Crippen molar-refractivity contribution in [1.29, 1.82) is 0 Å². The summed E-state index contributed by atoms with van der Waals surface area (Å²) in [4.78, 5) is 4.95. The van der Waals surface area contributed by atoms with Crippen molar-refractivity contribution in [3.8, 4) is 56.0 Å². The van der Waals surface area contributed by atoms with Crippen LogP contribution in [0.15, 0.2) is 249 Å². The Labute approximate surface area is 374 Å². The molecule has 2 aliphatic heterocycles. The predicted octanol–water partition coefficient (Wildman–Crippen LogP) is 14.2. The van der Waals surface area contributed by atoms with E-state index in [0.29, 0.717) is 0 Å². The first-order valence-electron chi connectivity index (χ1n) is 21.9. The van der Waals surface area contributed by atoms with Gasteiger partial charge in [-0.3, -0.25) is 0 Å². The maximum absolute atomic E-state index is 6.91. The van der Waals surface area contributed by atoms with Crippen LogP contribution in [0.3, 0.4) is 0 Å². The van der Waals surface area contributed by atoms with Crippen molar-refractivity contribution in [3.63, 3.8) is 0 Å². The summed E-state index contributed by atoms with van der Waals surface area (Å²) in [7, 11) is 0. The molecule has 4 heteroatoms. The topological polar surface area (TPSA) is 15.7 Å². The van der Waals surface area contributed by atoms with Gasteiger partial charge in [-0.2, -0.15) is 0 Å². The maximum Gasteiger partial charge on any atom is 0.252 e. The number of hydrogen-bond donors (Lipinski definition) is 0. The fraction of sp³-hybridized carbons (Fsp3) is 0. The minimum atomic E-state index is -0.0717. The highest BCUT2D eigenvalue weighted by Crippen LogP contribution is 2.48. The molecule has 0 radical (unpaired) electrons. The fourth-order valence-electron chi connectivity index (χ4n) is 9.74. The molecule has 3 nitrogen and oxygen atoms in total. The molecule has 0 spiro atoms. The van der Waals surface area contributed by atoms with E-state index >= 15 is 0 Å². The lowest BCUT2D eigenvalue weighted by Crippen LogP contribution is -2.61. The van der Waals surface area contributed by atoms with Gasteiger partial charge >= 0.3 is 0 Å². The van der Waals surface area contributed by atoms with Crippen molar-refractivity contribution in [2.24, 2.45) is 0 Å². The number of anilines is 6. The molecule has 0 atom stereocenters. The van der Waals surface area contributed by atoms with Gasteiger partial charge in [0.2, 0.25) is 0 Å².